The molecule has 0 spiro atoms. The summed E-state index contributed by atoms with van der Waals surface area (Å²) < 4.78 is 0. The van der Waals surface area contributed by atoms with Gasteiger partial charge in [-0.3, -0.25) is 0 Å². The van der Waals surface area contributed by atoms with Crippen LogP contribution in [0, 0.1) is 25.7 Å². The predicted octanol–water partition coefficient (Wildman–Crippen LogP) is 11.9. The van der Waals surface area contributed by atoms with Gasteiger partial charge in [-0.1, -0.05) is 134 Å². The largest absolute Gasteiger partial charge is 0.333 e. The Labute approximate surface area is 268 Å². The second kappa shape index (κ2) is 11.9. The van der Waals surface area contributed by atoms with E-state index in [9.17, 15) is 0 Å². The maximum absolute atomic E-state index is 2.58. The summed E-state index contributed by atoms with van der Waals surface area (Å²) in [6.45, 7) is 11.1. The van der Waals surface area contributed by atoms with E-state index >= 15 is 0 Å². The molecule has 3 atom stereocenters. The lowest BCUT2D eigenvalue weighted by Gasteiger charge is -2.37. The van der Waals surface area contributed by atoms with Crippen molar-refractivity contribution in [1.29, 1.82) is 0 Å². The van der Waals surface area contributed by atoms with E-state index in [2.05, 4.69) is 178 Å². The fourth-order valence-corrected chi connectivity index (χ4v) is 6.83. The second-order valence-electron chi connectivity index (χ2n) is 12.9. The first-order valence-corrected chi connectivity index (χ1v) is 16.3. The van der Waals surface area contributed by atoms with Crippen LogP contribution in [-0.2, 0) is 0 Å². The van der Waals surface area contributed by atoms with E-state index in [1.54, 1.807) is 0 Å². The summed E-state index contributed by atoms with van der Waals surface area (Å²) in [6, 6.07) is 36.3. The van der Waals surface area contributed by atoms with Crippen molar-refractivity contribution in [2.24, 2.45) is 11.8 Å². The van der Waals surface area contributed by atoms with Crippen molar-refractivity contribution in [3.63, 3.8) is 0 Å². The lowest BCUT2D eigenvalue weighted by molar-refractivity contribution is 0.547. The van der Waals surface area contributed by atoms with Gasteiger partial charge in [-0.2, -0.15) is 0 Å². The predicted molar refractivity (Wildman–Crippen MR) is 195 cm³/mol. The van der Waals surface area contributed by atoms with Crippen LogP contribution in [0.15, 0.2) is 145 Å². The van der Waals surface area contributed by atoms with Crippen molar-refractivity contribution in [2.75, 3.05) is 9.80 Å². The molecule has 2 nitrogen and oxygen atoms in total. The van der Waals surface area contributed by atoms with Gasteiger partial charge in [0.1, 0.15) is 0 Å². The van der Waals surface area contributed by atoms with Gasteiger partial charge in [0.05, 0.1) is 17.4 Å². The van der Waals surface area contributed by atoms with Crippen LogP contribution >= 0.6 is 0 Å². The fraction of sp³-hybridized carbons (Fsp3) is 0.209. The highest BCUT2D eigenvalue weighted by Gasteiger charge is 2.28. The molecule has 5 aromatic rings. The van der Waals surface area contributed by atoms with Gasteiger partial charge in [0.15, 0.2) is 0 Å². The number of hydrogen-bond acceptors (Lipinski definition) is 2. The number of aryl methyl sites for hydroxylation is 2. The van der Waals surface area contributed by atoms with Gasteiger partial charge < -0.3 is 9.80 Å². The Morgan fingerprint density at radius 3 is 1.60 bits per heavy atom. The molecule has 45 heavy (non-hydrogen) atoms. The highest BCUT2D eigenvalue weighted by Crippen LogP contribution is 2.49. The van der Waals surface area contributed by atoms with Gasteiger partial charge in [0.2, 0.25) is 0 Å². The maximum Gasteiger partial charge on any atom is 0.0619 e. The van der Waals surface area contributed by atoms with E-state index in [0.717, 1.165) is 6.42 Å². The highest BCUT2D eigenvalue weighted by molar-refractivity contribution is 6.22. The number of anilines is 4. The molecule has 0 saturated carbocycles. The van der Waals surface area contributed by atoms with E-state index in [-0.39, 0.29) is 6.04 Å². The summed E-state index contributed by atoms with van der Waals surface area (Å²) in [4.78, 5) is 5.07. The number of fused-ring (bicyclic) bond motifs is 2. The van der Waals surface area contributed by atoms with Crippen molar-refractivity contribution in [1.82, 2.24) is 0 Å². The molecule has 2 heteroatoms. The van der Waals surface area contributed by atoms with Crippen LogP contribution in [-0.4, -0.2) is 6.04 Å². The smallest absolute Gasteiger partial charge is 0.0619 e. The van der Waals surface area contributed by atoms with E-state index in [4.69, 9.17) is 0 Å². The van der Waals surface area contributed by atoms with Crippen LogP contribution in [0.1, 0.15) is 38.3 Å². The van der Waals surface area contributed by atoms with Crippen LogP contribution in [0.2, 0.25) is 0 Å². The molecule has 2 aliphatic carbocycles. The molecule has 0 N–H and O–H groups in total. The van der Waals surface area contributed by atoms with Gasteiger partial charge in [-0.15, -0.1) is 0 Å². The number of allylic oxidation sites excluding steroid dienone is 5. The first kappa shape index (κ1) is 28.9. The van der Waals surface area contributed by atoms with Crippen LogP contribution in [0.25, 0.3) is 21.5 Å². The zero-order valence-electron chi connectivity index (χ0n) is 27.0. The quantitative estimate of drug-likeness (QED) is 0.144. The molecule has 0 heterocycles. The molecule has 224 valence electrons. The molecule has 0 fully saturated rings. The number of rotatable bonds is 6. The maximum atomic E-state index is 2.58. The minimum atomic E-state index is 0.202. The third-order valence-corrected chi connectivity index (χ3v) is 9.63. The van der Waals surface area contributed by atoms with Gasteiger partial charge in [0, 0.05) is 38.6 Å². The Bertz CT molecular complexity index is 1930. The average molecular weight is 587 g/mol. The number of benzene rings is 5. The summed E-state index contributed by atoms with van der Waals surface area (Å²) in [6.07, 6.45) is 15.1. The van der Waals surface area contributed by atoms with Crippen molar-refractivity contribution in [3.8, 4) is 0 Å². The summed E-state index contributed by atoms with van der Waals surface area (Å²) in [5.74, 6) is 0.954. The highest BCUT2D eigenvalue weighted by atomic mass is 15.2. The van der Waals surface area contributed by atoms with E-state index in [0.29, 0.717) is 11.8 Å². The molecule has 7 rings (SSSR count). The Balaban J connectivity index is 1.56. The third-order valence-electron chi connectivity index (χ3n) is 9.63. The van der Waals surface area contributed by atoms with E-state index < -0.39 is 0 Å². The minimum Gasteiger partial charge on any atom is -0.333 e. The molecule has 0 radical (unpaired) electrons. The first-order valence-electron chi connectivity index (χ1n) is 16.3. The lowest BCUT2D eigenvalue weighted by Crippen LogP contribution is -2.30. The molecule has 0 aliphatic heterocycles. The van der Waals surface area contributed by atoms with E-state index in [1.807, 2.05) is 0 Å². The molecule has 0 saturated heterocycles. The minimum absolute atomic E-state index is 0.202. The summed E-state index contributed by atoms with van der Waals surface area (Å²) in [5, 5.41) is 5.00. The molecular weight excluding hydrogens is 544 g/mol. The van der Waals surface area contributed by atoms with Crippen molar-refractivity contribution < 1.29 is 0 Å². The molecule has 5 aromatic carbocycles. The average Bonchev–Trinajstić information content (AvgIpc) is 3.06. The normalized spacial score (nSPS) is 19.4. The van der Waals surface area contributed by atoms with Gasteiger partial charge in [-0.25, -0.2) is 0 Å². The number of nitrogens with zero attached hydrogens (tertiary/aromatic N) is 2. The van der Waals surface area contributed by atoms with E-state index in [1.165, 1.54) is 66.7 Å². The SMILES string of the molecule is CC1=CCC(N(c2ccc(C)cc2)c2c3ccccc3c(N(C3=CC(C)C(C)C=C3)c3ccc(C)cc3)c3ccccc23)C=C1. The Hall–Kier alpha value is -4.82. The fourth-order valence-electron chi connectivity index (χ4n) is 6.83. The summed E-state index contributed by atoms with van der Waals surface area (Å²) in [7, 11) is 0. The Morgan fingerprint density at radius 1 is 0.556 bits per heavy atom. The summed E-state index contributed by atoms with van der Waals surface area (Å²) in [5.41, 5.74) is 9.95. The molecule has 2 aliphatic rings. The Kier molecular flexibility index (Phi) is 7.67. The second-order valence-corrected chi connectivity index (χ2v) is 12.9. The molecule has 3 unspecified atom stereocenters. The first-order chi connectivity index (χ1) is 21.9. The lowest BCUT2D eigenvalue weighted by atomic mass is 9.89. The standard InChI is InChI=1S/C43H42N2/c1-29-14-21-34(22-15-29)44(35-23-16-30(2)17-24-35)42-38-10-6-8-12-40(38)43(41-13-9-7-11-39(41)42)45(36-25-18-31(3)19-26-36)37-27-20-32(4)33(5)28-37/h6-23,25-28,32-33,35H,24H2,1-5H3. The summed E-state index contributed by atoms with van der Waals surface area (Å²) >= 11 is 0. The van der Waals surface area contributed by atoms with Gasteiger partial charge in [0.25, 0.3) is 0 Å². The van der Waals surface area contributed by atoms with Crippen molar-refractivity contribution >= 4 is 44.3 Å². The molecule has 0 aromatic heterocycles. The molecule has 0 bridgehead atoms. The van der Waals surface area contributed by atoms with Gasteiger partial charge in [-0.05, 0) is 69.4 Å². The zero-order valence-corrected chi connectivity index (χ0v) is 27.0. The van der Waals surface area contributed by atoms with Crippen LogP contribution in [0.4, 0.5) is 22.7 Å². The van der Waals surface area contributed by atoms with Crippen LogP contribution in [0.3, 0.4) is 0 Å². The molecule has 0 amide bonds. The third kappa shape index (κ3) is 5.40. The van der Waals surface area contributed by atoms with Gasteiger partial charge >= 0.3 is 0 Å². The van der Waals surface area contributed by atoms with Crippen LogP contribution in [0.5, 0.6) is 0 Å². The Morgan fingerprint density at radius 2 is 1.09 bits per heavy atom. The number of hydrogen-bond donors (Lipinski definition) is 0. The monoisotopic (exact) mass is 586 g/mol. The topological polar surface area (TPSA) is 6.48 Å². The zero-order chi connectivity index (χ0) is 31.1. The van der Waals surface area contributed by atoms with Crippen molar-refractivity contribution in [3.05, 3.63) is 156 Å². The molecular formula is C43H42N2. The van der Waals surface area contributed by atoms with Crippen LogP contribution < -0.4 is 9.80 Å². The van der Waals surface area contributed by atoms with Crippen molar-refractivity contribution in [2.45, 2.75) is 47.1 Å².